The standard InChI is InChI=1S/C10H5F3N2O3/c11-10(12,13)7-3-1-6(2-4-7)9-8(15(16)17)5-18-14-9/h1-5H. The number of aromatic nitrogens is 1. The van der Waals surface area contributed by atoms with Crippen molar-refractivity contribution in [1.82, 2.24) is 5.16 Å². The molecular formula is C10H5F3N2O3. The second kappa shape index (κ2) is 4.13. The maximum Gasteiger partial charge on any atom is 0.416 e. The smallest absolute Gasteiger partial charge is 0.357 e. The number of hydrogen-bond acceptors (Lipinski definition) is 4. The molecule has 18 heavy (non-hydrogen) atoms. The van der Waals surface area contributed by atoms with Gasteiger partial charge in [0.25, 0.3) is 0 Å². The molecule has 1 heterocycles. The fourth-order valence-electron chi connectivity index (χ4n) is 1.38. The lowest BCUT2D eigenvalue weighted by molar-refractivity contribution is -0.384. The highest BCUT2D eigenvalue weighted by molar-refractivity contribution is 5.68. The summed E-state index contributed by atoms with van der Waals surface area (Å²) in [5, 5.41) is 14.0. The summed E-state index contributed by atoms with van der Waals surface area (Å²) in [7, 11) is 0. The number of alkyl halides is 3. The minimum Gasteiger partial charge on any atom is -0.357 e. The van der Waals surface area contributed by atoms with Crippen LogP contribution in [0.2, 0.25) is 0 Å². The lowest BCUT2D eigenvalue weighted by atomic mass is 10.1. The first-order valence-electron chi connectivity index (χ1n) is 4.66. The average molecular weight is 258 g/mol. The van der Waals surface area contributed by atoms with Gasteiger partial charge in [-0.1, -0.05) is 17.3 Å². The van der Waals surface area contributed by atoms with E-state index in [9.17, 15) is 23.3 Å². The molecule has 2 rings (SSSR count). The van der Waals surface area contributed by atoms with Crippen molar-refractivity contribution in [2.75, 3.05) is 0 Å². The lowest BCUT2D eigenvalue weighted by Gasteiger charge is -2.06. The van der Waals surface area contributed by atoms with Gasteiger partial charge in [-0.05, 0) is 12.1 Å². The van der Waals surface area contributed by atoms with Crippen LogP contribution < -0.4 is 0 Å². The van der Waals surface area contributed by atoms with E-state index in [1.54, 1.807) is 0 Å². The number of halogens is 3. The van der Waals surface area contributed by atoms with Crippen LogP contribution >= 0.6 is 0 Å². The van der Waals surface area contributed by atoms with Gasteiger partial charge in [-0.3, -0.25) is 10.1 Å². The van der Waals surface area contributed by atoms with Crippen molar-refractivity contribution in [3.63, 3.8) is 0 Å². The van der Waals surface area contributed by atoms with Crippen molar-refractivity contribution < 1.29 is 22.6 Å². The largest absolute Gasteiger partial charge is 0.416 e. The Morgan fingerprint density at radius 3 is 2.33 bits per heavy atom. The van der Waals surface area contributed by atoms with E-state index in [1.165, 1.54) is 0 Å². The molecule has 0 aliphatic heterocycles. The van der Waals surface area contributed by atoms with Gasteiger partial charge in [0, 0.05) is 5.56 Å². The van der Waals surface area contributed by atoms with Crippen LogP contribution in [0, 0.1) is 10.1 Å². The van der Waals surface area contributed by atoms with Crippen LogP contribution in [0.3, 0.4) is 0 Å². The zero-order valence-electron chi connectivity index (χ0n) is 8.64. The van der Waals surface area contributed by atoms with E-state index in [2.05, 4.69) is 9.68 Å². The molecule has 0 aliphatic carbocycles. The van der Waals surface area contributed by atoms with Crippen LogP contribution in [0.1, 0.15) is 5.56 Å². The van der Waals surface area contributed by atoms with Gasteiger partial charge < -0.3 is 4.52 Å². The minimum atomic E-state index is -4.45. The Balaban J connectivity index is 2.41. The van der Waals surface area contributed by atoms with Gasteiger partial charge >= 0.3 is 11.9 Å². The van der Waals surface area contributed by atoms with Crippen LogP contribution in [0.15, 0.2) is 35.1 Å². The molecule has 2 aromatic rings. The fourth-order valence-corrected chi connectivity index (χ4v) is 1.38. The molecule has 0 amide bonds. The lowest BCUT2D eigenvalue weighted by Crippen LogP contribution is -2.04. The van der Waals surface area contributed by atoms with E-state index in [0.717, 1.165) is 30.5 Å². The summed E-state index contributed by atoms with van der Waals surface area (Å²) in [6, 6.07) is 3.86. The van der Waals surface area contributed by atoms with E-state index in [4.69, 9.17) is 0 Å². The second-order valence-electron chi connectivity index (χ2n) is 3.38. The van der Waals surface area contributed by atoms with Crippen molar-refractivity contribution in [3.8, 4) is 11.3 Å². The minimum absolute atomic E-state index is 0.103. The fraction of sp³-hybridized carbons (Fsp3) is 0.100. The molecular weight excluding hydrogens is 253 g/mol. The molecule has 0 atom stereocenters. The Morgan fingerprint density at radius 1 is 1.22 bits per heavy atom. The first-order chi connectivity index (χ1) is 8.39. The first kappa shape index (κ1) is 12.1. The molecule has 94 valence electrons. The molecule has 0 spiro atoms. The summed E-state index contributed by atoms with van der Waals surface area (Å²) in [5.74, 6) is 0. The van der Waals surface area contributed by atoms with Crippen molar-refractivity contribution in [1.29, 1.82) is 0 Å². The summed E-state index contributed by atoms with van der Waals surface area (Å²) in [5.41, 5.74) is -1.15. The maximum absolute atomic E-state index is 12.3. The Labute approximate surface area is 98.0 Å². The number of nitrogens with zero attached hydrogens (tertiary/aromatic N) is 2. The number of rotatable bonds is 2. The van der Waals surface area contributed by atoms with E-state index < -0.39 is 22.4 Å². The van der Waals surface area contributed by atoms with Gasteiger partial charge in [-0.2, -0.15) is 13.2 Å². The molecule has 0 fully saturated rings. The molecule has 0 aliphatic rings. The number of nitro groups is 1. The zero-order valence-corrected chi connectivity index (χ0v) is 8.64. The van der Waals surface area contributed by atoms with Crippen LogP contribution in [0.5, 0.6) is 0 Å². The third kappa shape index (κ3) is 2.17. The first-order valence-corrected chi connectivity index (χ1v) is 4.66. The van der Waals surface area contributed by atoms with Crippen LogP contribution in [-0.4, -0.2) is 10.1 Å². The highest BCUT2D eigenvalue weighted by atomic mass is 19.4. The van der Waals surface area contributed by atoms with E-state index in [-0.39, 0.29) is 11.3 Å². The van der Waals surface area contributed by atoms with Crippen molar-refractivity contribution in [3.05, 3.63) is 46.2 Å². The van der Waals surface area contributed by atoms with Crippen molar-refractivity contribution >= 4 is 5.69 Å². The maximum atomic E-state index is 12.3. The monoisotopic (exact) mass is 258 g/mol. The molecule has 0 unspecified atom stereocenters. The predicted molar refractivity (Wildman–Crippen MR) is 53.6 cm³/mol. The van der Waals surface area contributed by atoms with Gasteiger partial charge in [0.1, 0.15) is 0 Å². The zero-order chi connectivity index (χ0) is 13.3. The molecule has 0 saturated carbocycles. The third-order valence-electron chi connectivity index (χ3n) is 2.23. The van der Waals surface area contributed by atoms with Gasteiger partial charge in [0.05, 0.1) is 10.5 Å². The highest BCUT2D eigenvalue weighted by Crippen LogP contribution is 2.33. The van der Waals surface area contributed by atoms with Gasteiger partial charge in [-0.15, -0.1) is 0 Å². The predicted octanol–water partition coefficient (Wildman–Crippen LogP) is 3.27. The number of hydrogen-bond donors (Lipinski definition) is 0. The summed E-state index contributed by atoms with van der Waals surface area (Å²) in [4.78, 5) is 9.89. The van der Waals surface area contributed by atoms with E-state index >= 15 is 0 Å². The Hall–Kier alpha value is -2.38. The average Bonchev–Trinajstić information content (AvgIpc) is 2.77. The Bertz CT molecular complexity index is 575. The summed E-state index contributed by atoms with van der Waals surface area (Å²) in [6.45, 7) is 0. The summed E-state index contributed by atoms with van der Waals surface area (Å²) in [6.07, 6.45) is -3.62. The molecule has 8 heteroatoms. The molecule has 0 bridgehead atoms. The van der Waals surface area contributed by atoms with Gasteiger partial charge in [0.2, 0.25) is 6.26 Å². The Morgan fingerprint density at radius 2 is 1.83 bits per heavy atom. The molecule has 0 N–H and O–H groups in total. The van der Waals surface area contributed by atoms with Crippen molar-refractivity contribution in [2.45, 2.75) is 6.18 Å². The molecule has 0 saturated heterocycles. The highest BCUT2D eigenvalue weighted by Gasteiger charge is 2.30. The van der Waals surface area contributed by atoms with Crippen LogP contribution in [0.25, 0.3) is 11.3 Å². The van der Waals surface area contributed by atoms with Gasteiger partial charge in [0.15, 0.2) is 5.69 Å². The summed E-state index contributed by atoms with van der Waals surface area (Å²) >= 11 is 0. The molecule has 1 aromatic heterocycles. The van der Waals surface area contributed by atoms with E-state index in [0.29, 0.717) is 0 Å². The summed E-state index contributed by atoms with van der Waals surface area (Å²) < 4.78 is 41.4. The van der Waals surface area contributed by atoms with Crippen LogP contribution in [-0.2, 0) is 6.18 Å². The van der Waals surface area contributed by atoms with Crippen LogP contribution in [0.4, 0.5) is 18.9 Å². The normalized spacial score (nSPS) is 11.5. The van der Waals surface area contributed by atoms with Gasteiger partial charge in [-0.25, -0.2) is 0 Å². The molecule has 0 radical (unpaired) electrons. The quantitative estimate of drug-likeness (QED) is 0.612. The molecule has 5 nitrogen and oxygen atoms in total. The van der Waals surface area contributed by atoms with E-state index in [1.807, 2.05) is 0 Å². The topological polar surface area (TPSA) is 69.2 Å². The molecule has 1 aromatic carbocycles. The third-order valence-corrected chi connectivity index (χ3v) is 2.23. The number of benzene rings is 1. The second-order valence-corrected chi connectivity index (χ2v) is 3.38. The Kier molecular flexibility index (Phi) is 2.77. The van der Waals surface area contributed by atoms with Crippen molar-refractivity contribution in [2.24, 2.45) is 0 Å². The SMILES string of the molecule is O=[N+]([O-])c1conc1-c1ccc(C(F)(F)F)cc1.